The summed E-state index contributed by atoms with van der Waals surface area (Å²) in [4.78, 5) is 13.9. The highest BCUT2D eigenvalue weighted by Crippen LogP contribution is 2.11. The van der Waals surface area contributed by atoms with Gasteiger partial charge in [-0.2, -0.15) is 0 Å². The van der Waals surface area contributed by atoms with Crippen molar-refractivity contribution in [3.63, 3.8) is 0 Å². The SMILES string of the molecule is CCOCCN(CC)C(=O)[C@H]1CCNC1. The van der Waals surface area contributed by atoms with E-state index in [1.165, 1.54) is 0 Å². The molecule has 0 radical (unpaired) electrons. The number of carbonyl (C=O) groups is 1. The molecular formula is C11H22N2O2. The molecule has 1 aliphatic rings. The van der Waals surface area contributed by atoms with Crippen LogP contribution in [0.15, 0.2) is 0 Å². The summed E-state index contributed by atoms with van der Waals surface area (Å²) in [5.41, 5.74) is 0. The normalized spacial score (nSPS) is 20.5. The van der Waals surface area contributed by atoms with Crippen molar-refractivity contribution in [2.45, 2.75) is 20.3 Å². The maximum atomic E-state index is 12.0. The molecule has 0 aromatic carbocycles. The number of rotatable bonds is 6. The number of carbonyl (C=O) groups excluding carboxylic acids is 1. The van der Waals surface area contributed by atoms with Gasteiger partial charge in [0.25, 0.3) is 0 Å². The Kier molecular flexibility index (Phi) is 5.65. The number of hydrogen-bond acceptors (Lipinski definition) is 3. The van der Waals surface area contributed by atoms with Crippen molar-refractivity contribution in [3.05, 3.63) is 0 Å². The van der Waals surface area contributed by atoms with Crippen molar-refractivity contribution in [1.29, 1.82) is 0 Å². The fourth-order valence-electron chi connectivity index (χ4n) is 1.87. The van der Waals surface area contributed by atoms with Crippen LogP contribution < -0.4 is 5.32 Å². The maximum absolute atomic E-state index is 12.0. The molecule has 0 aromatic rings. The van der Waals surface area contributed by atoms with Crippen LogP contribution in [0.4, 0.5) is 0 Å². The third kappa shape index (κ3) is 3.80. The van der Waals surface area contributed by atoms with Gasteiger partial charge in [0.2, 0.25) is 5.91 Å². The van der Waals surface area contributed by atoms with Gasteiger partial charge in [0.05, 0.1) is 12.5 Å². The van der Waals surface area contributed by atoms with E-state index in [0.717, 1.165) is 39.2 Å². The zero-order chi connectivity index (χ0) is 11.1. The minimum absolute atomic E-state index is 0.187. The molecule has 1 rings (SSSR count). The van der Waals surface area contributed by atoms with Crippen LogP contribution in [0.2, 0.25) is 0 Å². The number of ether oxygens (including phenoxy) is 1. The molecule has 0 saturated carbocycles. The lowest BCUT2D eigenvalue weighted by Gasteiger charge is -2.23. The molecule has 1 N–H and O–H groups in total. The monoisotopic (exact) mass is 214 g/mol. The zero-order valence-corrected chi connectivity index (χ0v) is 9.79. The Hall–Kier alpha value is -0.610. The Labute approximate surface area is 92.0 Å². The summed E-state index contributed by atoms with van der Waals surface area (Å²) in [5.74, 6) is 0.466. The fraction of sp³-hybridized carbons (Fsp3) is 0.909. The Morgan fingerprint density at radius 3 is 2.87 bits per heavy atom. The summed E-state index contributed by atoms with van der Waals surface area (Å²) >= 11 is 0. The van der Waals surface area contributed by atoms with Crippen molar-refractivity contribution in [2.75, 3.05) is 39.4 Å². The number of hydrogen-bond donors (Lipinski definition) is 1. The quantitative estimate of drug-likeness (QED) is 0.654. The van der Waals surface area contributed by atoms with Crippen molar-refractivity contribution in [1.82, 2.24) is 10.2 Å². The summed E-state index contributed by atoms with van der Waals surface area (Å²) in [6, 6.07) is 0. The van der Waals surface area contributed by atoms with Gasteiger partial charge in [-0.25, -0.2) is 0 Å². The molecule has 1 aliphatic heterocycles. The van der Waals surface area contributed by atoms with Crippen molar-refractivity contribution < 1.29 is 9.53 Å². The molecule has 1 fully saturated rings. The highest BCUT2D eigenvalue weighted by molar-refractivity contribution is 5.79. The van der Waals surface area contributed by atoms with Crippen LogP contribution in [0.1, 0.15) is 20.3 Å². The standard InChI is InChI=1S/C11H22N2O2/c1-3-13(7-8-15-4-2)11(14)10-5-6-12-9-10/h10,12H,3-9H2,1-2H3/t10-/m0/s1. The van der Waals surface area contributed by atoms with Gasteiger partial charge >= 0.3 is 0 Å². The summed E-state index contributed by atoms with van der Waals surface area (Å²) in [7, 11) is 0. The van der Waals surface area contributed by atoms with Gasteiger partial charge in [0.15, 0.2) is 0 Å². The number of nitrogens with one attached hydrogen (secondary N) is 1. The van der Waals surface area contributed by atoms with E-state index in [9.17, 15) is 4.79 Å². The van der Waals surface area contributed by atoms with Gasteiger partial charge in [0, 0.05) is 26.2 Å². The average molecular weight is 214 g/mol. The van der Waals surface area contributed by atoms with Crippen LogP contribution >= 0.6 is 0 Å². The van der Waals surface area contributed by atoms with Gasteiger partial charge < -0.3 is 15.0 Å². The minimum atomic E-state index is 0.187. The smallest absolute Gasteiger partial charge is 0.227 e. The maximum Gasteiger partial charge on any atom is 0.227 e. The first-order valence-electron chi connectivity index (χ1n) is 5.86. The second kappa shape index (κ2) is 6.80. The van der Waals surface area contributed by atoms with Crippen LogP contribution in [0, 0.1) is 5.92 Å². The molecule has 88 valence electrons. The zero-order valence-electron chi connectivity index (χ0n) is 9.79. The molecule has 0 spiro atoms. The van der Waals surface area contributed by atoms with Gasteiger partial charge in [-0.05, 0) is 26.8 Å². The fourth-order valence-corrected chi connectivity index (χ4v) is 1.87. The summed E-state index contributed by atoms with van der Waals surface area (Å²) in [6.07, 6.45) is 0.976. The minimum Gasteiger partial charge on any atom is -0.380 e. The van der Waals surface area contributed by atoms with Crippen LogP contribution in [0.3, 0.4) is 0 Å². The number of nitrogens with zero attached hydrogens (tertiary/aromatic N) is 1. The first kappa shape index (κ1) is 12.5. The molecule has 1 amide bonds. The first-order valence-corrected chi connectivity index (χ1v) is 5.86. The third-order valence-electron chi connectivity index (χ3n) is 2.81. The predicted molar refractivity (Wildman–Crippen MR) is 59.7 cm³/mol. The van der Waals surface area contributed by atoms with E-state index in [2.05, 4.69) is 5.32 Å². The highest BCUT2D eigenvalue weighted by Gasteiger charge is 2.25. The van der Waals surface area contributed by atoms with Crippen molar-refractivity contribution in [2.24, 2.45) is 5.92 Å². The molecule has 0 aliphatic carbocycles. The van der Waals surface area contributed by atoms with E-state index < -0.39 is 0 Å². The summed E-state index contributed by atoms with van der Waals surface area (Å²) in [6.45, 7) is 8.67. The van der Waals surface area contributed by atoms with E-state index in [4.69, 9.17) is 4.74 Å². The molecule has 15 heavy (non-hydrogen) atoms. The van der Waals surface area contributed by atoms with Gasteiger partial charge in [-0.1, -0.05) is 0 Å². The van der Waals surface area contributed by atoms with Gasteiger partial charge in [0.1, 0.15) is 0 Å². The van der Waals surface area contributed by atoms with Gasteiger partial charge in [-0.3, -0.25) is 4.79 Å². The molecule has 0 aromatic heterocycles. The third-order valence-corrected chi connectivity index (χ3v) is 2.81. The Morgan fingerprint density at radius 1 is 1.53 bits per heavy atom. The van der Waals surface area contributed by atoms with Gasteiger partial charge in [-0.15, -0.1) is 0 Å². The lowest BCUT2D eigenvalue weighted by atomic mass is 10.1. The summed E-state index contributed by atoms with van der Waals surface area (Å²) in [5, 5.41) is 3.22. The lowest BCUT2D eigenvalue weighted by molar-refractivity contribution is -0.135. The Morgan fingerprint density at radius 2 is 2.33 bits per heavy atom. The van der Waals surface area contributed by atoms with E-state index in [-0.39, 0.29) is 11.8 Å². The molecule has 1 atom stereocenters. The molecule has 1 saturated heterocycles. The first-order chi connectivity index (χ1) is 7.29. The Bertz CT molecular complexity index is 191. The second-order valence-corrected chi connectivity index (χ2v) is 3.80. The number of likely N-dealkylation sites (N-methyl/N-ethyl adjacent to an activating group) is 1. The second-order valence-electron chi connectivity index (χ2n) is 3.80. The average Bonchev–Trinajstić information content (AvgIpc) is 2.77. The molecule has 4 nitrogen and oxygen atoms in total. The van der Waals surface area contributed by atoms with Crippen LogP contribution in [-0.4, -0.2) is 50.2 Å². The van der Waals surface area contributed by atoms with Crippen molar-refractivity contribution in [3.8, 4) is 0 Å². The highest BCUT2D eigenvalue weighted by atomic mass is 16.5. The molecule has 1 heterocycles. The topological polar surface area (TPSA) is 41.6 Å². The Balaban J connectivity index is 2.32. The molecular weight excluding hydrogens is 192 g/mol. The van der Waals surface area contributed by atoms with Crippen LogP contribution in [-0.2, 0) is 9.53 Å². The number of amides is 1. The molecule has 0 unspecified atom stereocenters. The predicted octanol–water partition coefficient (Wildman–Crippen LogP) is 0.481. The van der Waals surface area contributed by atoms with E-state index in [0.29, 0.717) is 6.61 Å². The molecule has 0 bridgehead atoms. The largest absolute Gasteiger partial charge is 0.380 e. The van der Waals surface area contributed by atoms with E-state index in [1.807, 2.05) is 18.7 Å². The van der Waals surface area contributed by atoms with E-state index >= 15 is 0 Å². The lowest BCUT2D eigenvalue weighted by Crippen LogP contribution is -2.39. The van der Waals surface area contributed by atoms with Crippen LogP contribution in [0.5, 0.6) is 0 Å². The van der Waals surface area contributed by atoms with E-state index in [1.54, 1.807) is 0 Å². The summed E-state index contributed by atoms with van der Waals surface area (Å²) < 4.78 is 5.27. The van der Waals surface area contributed by atoms with Crippen LogP contribution in [0.25, 0.3) is 0 Å². The molecule has 4 heteroatoms. The van der Waals surface area contributed by atoms with Crippen molar-refractivity contribution >= 4 is 5.91 Å².